The molecule has 2 aliphatic heterocycles. The lowest BCUT2D eigenvalue weighted by Crippen LogP contribution is -2.37. The van der Waals surface area contributed by atoms with E-state index in [-0.39, 0.29) is 11.2 Å². The molecule has 2 aromatic carbocycles. The minimum atomic E-state index is -0.691. The van der Waals surface area contributed by atoms with Crippen LogP contribution in [0.5, 0.6) is 23.0 Å². The molecule has 4 rings (SSSR count). The molecule has 0 spiro atoms. The lowest BCUT2D eigenvalue weighted by Gasteiger charge is -2.38. The molecule has 5 heteroatoms. The highest BCUT2D eigenvalue weighted by Gasteiger charge is 2.37. The monoisotopic (exact) mass is 887 g/mol. The summed E-state index contributed by atoms with van der Waals surface area (Å²) in [5.74, 6) is 8.00. The molecule has 0 amide bonds. The van der Waals surface area contributed by atoms with Crippen molar-refractivity contribution in [3.63, 3.8) is 0 Å². The van der Waals surface area contributed by atoms with Crippen molar-refractivity contribution in [3.8, 4) is 23.0 Å². The van der Waals surface area contributed by atoms with E-state index < -0.39 is 6.16 Å². The smallest absolute Gasteiger partial charge is 0.487 e. The lowest BCUT2D eigenvalue weighted by molar-refractivity contribution is 0.0509. The van der Waals surface area contributed by atoms with Crippen molar-refractivity contribution in [1.82, 2.24) is 0 Å². The first-order valence-electron chi connectivity index (χ1n) is 26.7. The maximum atomic E-state index is 13.7. The maximum absolute atomic E-state index is 13.7. The molecule has 0 aliphatic carbocycles. The molecule has 64 heavy (non-hydrogen) atoms. The van der Waals surface area contributed by atoms with Crippen molar-refractivity contribution in [2.45, 2.75) is 263 Å². The van der Waals surface area contributed by atoms with Crippen molar-refractivity contribution >= 4 is 6.16 Å². The number of ether oxygens (including phenoxy) is 4. The Balaban J connectivity index is 1.29. The van der Waals surface area contributed by atoms with Crippen LogP contribution in [0, 0.1) is 77.0 Å². The second-order valence-corrected chi connectivity index (χ2v) is 23.3. The summed E-state index contributed by atoms with van der Waals surface area (Å²) in [6.07, 6.45) is 26.4. The van der Waals surface area contributed by atoms with Crippen molar-refractivity contribution in [2.75, 3.05) is 0 Å². The minimum absolute atomic E-state index is 0.188. The summed E-state index contributed by atoms with van der Waals surface area (Å²) in [6, 6.07) is 0. The summed E-state index contributed by atoms with van der Waals surface area (Å²) in [7, 11) is 0. The van der Waals surface area contributed by atoms with E-state index in [9.17, 15) is 4.79 Å². The first kappa shape index (κ1) is 53.9. The molecule has 6 atom stereocenters. The molecule has 0 bridgehead atoms. The summed E-state index contributed by atoms with van der Waals surface area (Å²) >= 11 is 0. The molecule has 2 aliphatic rings. The van der Waals surface area contributed by atoms with Crippen molar-refractivity contribution in [1.29, 1.82) is 0 Å². The van der Waals surface area contributed by atoms with E-state index in [0.717, 1.165) is 130 Å². The molecule has 0 saturated heterocycles. The first-order valence-corrected chi connectivity index (χ1v) is 26.7. The summed E-state index contributed by atoms with van der Waals surface area (Å²) in [6.45, 7) is 36.1. The van der Waals surface area contributed by atoms with Crippen molar-refractivity contribution in [2.24, 2.45) is 35.5 Å². The number of benzene rings is 2. The summed E-state index contributed by atoms with van der Waals surface area (Å²) in [5.41, 5.74) is 7.86. The maximum Gasteiger partial charge on any atom is 0.519 e. The molecule has 2 aromatic rings. The van der Waals surface area contributed by atoms with E-state index in [1.807, 2.05) is 13.8 Å². The third-order valence-electron chi connectivity index (χ3n) is 16.0. The number of hydrogen-bond acceptors (Lipinski definition) is 5. The fraction of sp³-hybridized carbons (Fsp3) is 0.780. The molecule has 5 nitrogen and oxygen atoms in total. The lowest BCUT2D eigenvalue weighted by atomic mass is 9.83. The molecule has 0 aromatic heterocycles. The van der Waals surface area contributed by atoms with Crippen LogP contribution in [0.2, 0.25) is 0 Å². The van der Waals surface area contributed by atoms with Crippen LogP contribution >= 0.6 is 0 Å². The average Bonchev–Trinajstić information content (AvgIpc) is 3.22. The van der Waals surface area contributed by atoms with E-state index in [2.05, 4.69) is 96.9 Å². The predicted octanol–water partition coefficient (Wildman–Crippen LogP) is 18.2. The highest BCUT2D eigenvalue weighted by Crippen LogP contribution is 2.47. The van der Waals surface area contributed by atoms with Crippen LogP contribution in [0.1, 0.15) is 242 Å². The topological polar surface area (TPSA) is 54.0 Å². The Morgan fingerprint density at radius 3 is 1.06 bits per heavy atom. The Morgan fingerprint density at radius 2 is 0.750 bits per heavy atom. The number of fused-ring (bicyclic) bond motifs is 2. The molecule has 0 fully saturated rings. The molecular formula is C59H98O5. The summed E-state index contributed by atoms with van der Waals surface area (Å²) in [5, 5.41) is 0. The van der Waals surface area contributed by atoms with Gasteiger partial charge < -0.3 is 18.9 Å². The second-order valence-electron chi connectivity index (χ2n) is 23.3. The largest absolute Gasteiger partial charge is 0.519 e. The van der Waals surface area contributed by atoms with Gasteiger partial charge in [-0.15, -0.1) is 0 Å². The van der Waals surface area contributed by atoms with Crippen LogP contribution < -0.4 is 18.9 Å². The first-order chi connectivity index (χ1) is 30.1. The van der Waals surface area contributed by atoms with Crippen LogP contribution in [0.25, 0.3) is 0 Å². The fourth-order valence-electron chi connectivity index (χ4n) is 11.0. The molecule has 0 saturated carbocycles. The zero-order valence-corrected chi connectivity index (χ0v) is 44.6. The van der Waals surface area contributed by atoms with E-state index >= 15 is 0 Å². The second kappa shape index (κ2) is 24.9. The van der Waals surface area contributed by atoms with E-state index in [0.29, 0.717) is 11.5 Å². The predicted molar refractivity (Wildman–Crippen MR) is 272 cm³/mol. The van der Waals surface area contributed by atoms with Crippen LogP contribution in [-0.4, -0.2) is 17.4 Å². The van der Waals surface area contributed by atoms with Crippen LogP contribution in [0.4, 0.5) is 4.79 Å². The fourth-order valence-corrected chi connectivity index (χ4v) is 11.0. The highest BCUT2D eigenvalue weighted by molar-refractivity contribution is 5.73. The van der Waals surface area contributed by atoms with Gasteiger partial charge in [0.2, 0.25) is 0 Å². The van der Waals surface area contributed by atoms with E-state index in [1.165, 1.54) is 103 Å². The summed E-state index contributed by atoms with van der Waals surface area (Å²) in [4.78, 5) is 13.7. The number of carbonyl (C=O) groups excluding carboxylic acids is 1. The van der Waals surface area contributed by atoms with Gasteiger partial charge in [-0.3, -0.25) is 0 Å². The number of carbonyl (C=O) groups is 1. The van der Waals surface area contributed by atoms with Gasteiger partial charge in [0.1, 0.15) is 34.2 Å². The Bertz CT molecular complexity index is 1660. The number of rotatable bonds is 26. The van der Waals surface area contributed by atoms with Crippen LogP contribution in [0.15, 0.2) is 0 Å². The Hall–Kier alpha value is -2.69. The Kier molecular flexibility index (Phi) is 21.0. The standard InChI is InChI=1S/C59H98O5/c1-39(2)23-17-25-41(5)27-19-29-43(7)31-21-35-58(15)37-33-51-49(13)53(45(9)47(11)55(51)63-58)61-57(60)62-54-46(10)48(12)56-52(50(54)14)34-38-59(16,64-56)36-22-32-44(8)30-20-28-42(6)26-18-24-40(3)4/h39-44H,17-38H2,1-16H3. The quantitative estimate of drug-likeness (QED) is 0.0696. The van der Waals surface area contributed by atoms with Crippen LogP contribution in [-0.2, 0) is 12.8 Å². The van der Waals surface area contributed by atoms with Crippen LogP contribution in [0.3, 0.4) is 0 Å². The van der Waals surface area contributed by atoms with Gasteiger partial charge in [-0.1, -0.05) is 145 Å². The number of hydrogen-bond donors (Lipinski definition) is 0. The van der Waals surface area contributed by atoms with Crippen molar-refractivity contribution in [3.05, 3.63) is 44.5 Å². The zero-order chi connectivity index (χ0) is 47.4. The third-order valence-corrected chi connectivity index (χ3v) is 16.0. The molecular weight excluding hydrogens is 789 g/mol. The minimum Gasteiger partial charge on any atom is -0.487 e. The van der Waals surface area contributed by atoms with Gasteiger partial charge in [-0.05, 0) is 176 Å². The highest BCUT2D eigenvalue weighted by atomic mass is 16.7. The van der Waals surface area contributed by atoms with Gasteiger partial charge >= 0.3 is 6.16 Å². The zero-order valence-electron chi connectivity index (χ0n) is 44.6. The van der Waals surface area contributed by atoms with E-state index in [1.54, 1.807) is 0 Å². The SMILES string of the molecule is Cc1c(C)c2c(c(C)c1OC(=O)Oc1c(C)c(C)c3c(c1C)CCC(C)(CCCC(C)CCCC(C)CCCC(C)C)O3)CCC(C)(CCCC(C)CCCC(C)CCCC(C)C)O2. The van der Waals surface area contributed by atoms with Gasteiger partial charge in [0.05, 0.1) is 0 Å². The Labute approximate surface area is 394 Å². The van der Waals surface area contributed by atoms with Gasteiger partial charge in [0.15, 0.2) is 0 Å². The Morgan fingerprint density at radius 1 is 0.453 bits per heavy atom. The summed E-state index contributed by atoms with van der Waals surface area (Å²) < 4.78 is 26.1. The van der Waals surface area contributed by atoms with Gasteiger partial charge in [0.25, 0.3) is 0 Å². The molecule has 6 unspecified atom stereocenters. The van der Waals surface area contributed by atoms with Gasteiger partial charge in [0, 0.05) is 11.1 Å². The van der Waals surface area contributed by atoms with Crippen molar-refractivity contribution < 1.29 is 23.7 Å². The van der Waals surface area contributed by atoms with Gasteiger partial charge in [-0.2, -0.15) is 0 Å². The molecule has 0 N–H and O–H groups in total. The average molecular weight is 887 g/mol. The van der Waals surface area contributed by atoms with E-state index in [4.69, 9.17) is 18.9 Å². The van der Waals surface area contributed by atoms with Gasteiger partial charge in [-0.25, -0.2) is 4.79 Å². The molecule has 364 valence electrons. The normalized spacial score (nSPS) is 20.3. The molecule has 0 radical (unpaired) electrons. The third kappa shape index (κ3) is 15.7. The molecule has 2 heterocycles.